The van der Waals surface area contributed by atoms with Crippen LogP contribution in [0.2, 0.25) is 0 Å². The van der Waals surface area contributed by atoms with E-state index in [1.165, 1.54) is 0 Å². The van der Waals surface area contributed by atoms with Crippen LogP contribution in [-0.2, 0) is 4.79 Å². The number of aldehydes is 1. The maximum Gasteiger partial charge on any atom is 0.146 e. The van der Waals surface area contributed by atoms with Crippen molar-refractivity contribution in [2.45, 2.75) is 20.8 Å². The normalized spacial score (nSPS) is 11.9. The molecule has 2 heteroatoms. The van der Waals surface area contributed by atoms with E-state index < -0.39 is 0 Å². The van der Waals surface area contributed by atoms with Crippen molar-refractivity contribution in [3.8, 4) is 0 Å². The molecular formula is C12H15NO. The minimum atomic E-state index is 0.246. The summed E-state index contributed by atoms with van der Waals surface area (Å²) in [5.74, 6) is 0.246. The van der Waals surface area contributed by atoms with Crippen LogP contribution in [0.25, 0.3) is 6.08 Å². The Kier molecular flexibility index (Phi) is 3.57. The molecule has 0 aliphatic heterocycles. The lowest BCUT2D eigenvalue weighted by Crippen LogP contribution is -1.95. The Morgan fingerprint density at radius 1 is 1.43 bits per heavy atom. The van der Waals surface area contributed by atoms with Crippen LogP contribution in [0.15, 0.2) is 23.9 Å². The van der Waals surface area contributed by atoms with E-state index in [0.717, 1.165) is 23.1 Å². The summed E-state index contributed by atoms with van der Waals surface area (Å²) >= 11 is 0. The zero-order chi connectivity index (χ0) is 10.6. The van der Waals surface area contributed by atoms with Crippen LogP contribution in [0.1, 0.15) is 25.1 Å². The summed E-state index contributed by atoms with van der Waals surface area (Å²) in [6, 6.07) is 3.91. The largest absolute Gasteiger partial charge is 0.298 e. The molecule has 0 spiro atoms. The lowest BCUT2D eigenvalue weighted by molar-refractivity contribution is -0.105. The van der Waals surface area contributed by atoms with Gasteiger partial charge in [-0.3, -0.25) is 9.78 Å². The Hall–Kier alpha value is -1.44. The molecule has 0 aliphatic carbocycles. The topological polar surface area (TPSA) is 30.0 Å². The van der Waals surface area contributed by atoms with Crippen molar-refractivity contribution in [1.82, 2.24) is 4.98 Å². The van der Waals surface area contributed by atoms with Crippen molar-refractivity contribution in [1.29, 1.82) is 0 Å². The van der Waals surface area contributed by atoms with Crippen molar-refractivity contribution in [2.75, 3.05) is 0 Å². The fourth-order valence-electron chi connectivity index (χ4n) is 1.07. The summed E-state index contributed by atoms with van der Waals surface area (Å²) < 4.78 is 0. The molecule has 0 unspecified atom stereocenters. The third kappa shape index (κ3) is 2.80. The number of hydrogen-bond donors (Lipinski definition) is 0. The van der Waals surface area contributed by atoms with Gasteiger partial charge in [0.1, 0.15) is 6.29 Å². The van der Waals surface area contributed by atoms with Gasteiger partial charge in [0, 0.05) is 6.20 Å². The van der Waals surface area contributed by atoms with Crippen molar-refractivity contribution >= 4 is 12.4 Å². The number of nitrogens with zero attached hydrogens (tertiary/aromatic N) is 1. The highest BCUT2D eigenvalue weighted by atomic mass is 16.1. The summed E-state index contributed by atoms with van der Waals surface area (Å²) in [5, 5.41) is 0. The van der Waals surface area contributed by atoms with E-state index in [0.29, 0.717) is 0 Å². The second kappa shape index (κ2) is 4.70. The van der Waals surface area contributed by atoms with Gasteiger partial charge in [-0.05, 0) is 36.1 Å². The smallest absolute Gasteiger partial charge is 0.146 e. The predicted molar refractivity (Wildman–Crippen MR) is 57.9 cm³/mol. The number of carbonyl (C=O) groups is 1. The molecule has 0 amide bonds. The first kappa shape index (κ1) is 10.6. The quantitative estimate of drug-likeness (QED) is 0.540. The van der Waals surface area contributed by atoms with Crippen LogP contribution in [0.5, 0.6) is 0 Å². The Morgan fingerprint density at radius 3 is 2.57 bits per heavy atom. The van der Waals surface area contributed by atoms with E-state index in [9.17, 15) is 4.79 Å². The van der Waals surface area contributed by atoms with Gasteiger partial charge in [-0.15, -0.1) is 0 Å². The van der Waals surface area contributed by atoms with E-state index in [1.807, 2.05) is 39.0 Å². The molecular weight excluding hydrogens is 174 g/mol. The predicted octanol–water partition coefficient (Wildman–Crippen LogP) is 2.63. The van der Waals surface area contributed by atoms with Gasteiger partial charge in [-0.1, -0.05) is 19.9 Å². The molecule has 0 aliphatic rings. The number of carbonyl (C=O) groups excluding carboxylic acids is 1. The highest BCUT2D eigenvalue weighted by Crippen LogP contribution is 2.11. The standard InChI is InChI=1S/C12H15NO/c1-9(2)11(8-14)6-12-5-4-10(3)7-13-12/h4-9H,1-3H3/b11-6+. The van der Waals surface area contributed by atoms with Crippen molar-refractivity contribution in [3.63, 3.8) is 0 Å². The van der Waals surface area contributed by atoms with Gasteiger partial charge in [0.2, 0.25) is 0 Å². The van der Waals surface area contributed by atoms with E-state index >= 15 is 0 Å². The molecule has 0 saturated heterocycles. The van der Waals surface area contributed by atoms with E-state index in [1.54, 1.807) is 6.20 Å². The van der Waals surface area contributed by atoms with Crippen molar-refractivity contribution in [2.24, 2.45) is 5.92 Å². The van der Waals surface area contributed by atoms with Crippen LogP contribution >= 0.6 is 0 Å². The Labute approximate surface area is 84.7 Å². The lowest BCUT2D eigenvalue weighted by atomic mass is 10.0. The Balaban J connectivity index is 2.95. The number of hydrogen-bond acceptors (Lipinski definition) is 2. The highest BCUT2D eigenvalue weighted by molar-refractivity contribution is 5.81. The molecule has 1 heterocycles. The molecule has 0 radical (unpaired) electrons. The zero-order valence-corrected chi connectivity index (χ0v) is 8.82. The first-order chi connectivity index (χ1) is 6.63. The van der Waals surface area contributed by atoms with Crippen LogP contribution in [0.3, 0.4) is 0 Å². The van der Waals surface area contributed by atoms with Crippen molar-refractivity contribution in [3.05, 3.63) is 35.2 Å². The first-order valence-corrected chi connectivity index (χ1v) is 4.73. The van der Waals surface area contributed by atoms with Crippen LogP contribution in [0, 0.1) is 12.8 Å². The molecule has 74 valence electrons. The van der Waals surface area contributed by atoms with Gasteiger partial charge in [0.15, 0.2) is 0 Å². The Morgan fingerprint density at radius 2 is 2.14 bits per heavy atom. The zero-order valence-electron chi connectivity index (χ0n) is 8.82. The molecule has 0 fully saturated rings. The molecule has 14 heavy (non-hydrogen) atoms. The number of aryl methyl sites for hydroxylation is 1. The van der Waals surface area contributed by atoms with Gasteiger partial charge < -0.3 is 0 Å². The first-order valence-electron chi connectivity index (χ1n) is 4.73. The molecule has 0 saturated carbocycles. The van der Waals surface area contributed by atoms with Crippen LogP contribution in [0.4, 0.5) is 0 Å². The maximum atomic E-state index is 10.7. The molecule has 2 nitrogen and oxygen atoms in total. The minimum Gasteiger partial charge on any atom is -0.298 e. The van der Waals surface area contributed by atoms with Gasteiger partial charge in [-0.25, -0.2) is 0 Å². The number of pyridine rings is 1. The SMILES string of the molecule is Cc1ccc(/C=C(\C=O)C(C)C)nc1. The second-order valence-electron chi connectivity index (χ2n) is 3.68. The summed E-state index contributed by atoms with van der Waals surface area (Å²) in [4.78, 5) is 14.9. The lowest BCUT2D eigenvalue weighted by Gasteiger charge is -2.02. The highest BCUT2D eigenvalue weighted by Gasteiger charge is 2.01. The molecule has 1 rings (SSSR count). The van der Waals surface area contributed by atoms with Crippen LogP contribution in [-0.4, -0.2) is 11.3 Å². The molecule has 0 N–H and O–H groups in total. The van der Waals surface area contributed by atoms with E-state index in [2.05, 4.69) is 4.98 Å². The van der Waals surface area contributed by atoms with E-state index in [4.69, 9.17) is 0 Å². The molecule has 0 atom stereocenters. The minimum absolute atomic E-state index is 0.246. The summed E-state index contributed by atoms with van der Waals surface area (Å²) in [6.07, 6.45) is 4.53. The number of aromatic nitrogens is 1. The van der Waals surface area contributed by atoms with Gasteiger partial charge in [-0.2, -0.15) is 0 Å². The maximum absolute atomic E-state index is 10.7. The second-order valence-corrected chi connectivity index (χ2v) is 3.68. The molecule has 1 aromatic rings. The molecule has 1 aromatic heterocycles. The third-order valence-corrected chi connectivity index (χ3v) is 2.05. The molecule has 0 aromatic carbocycles. The van der Waals surface area contributed by atoms with Crippen LogP contribution < -0.4 is 0 Å². The fourth-order valence-corrected chi connectivity index (χ4v) is 1.07. The molecule has 0 bridgehead atoms. The van der Waals surface area contributed by atoms with Gasteiger partial charge in [0.05, 0.1) is 5.69 Å². The number of rotatable bonds is 3. The summed E-state index contributed by atoms with van der Waals surface area (Å²) in [5.41, 5.74) is 2.74. The average molecular weight is 189 g/mol. The van der Waals surface area contributed by atoms with Crippen molar-refractivity contribution < 1.29 is 4.79 Å². The fraction of sp³-hybridized carbons (Fsp3) is 0.333. The van der Waals surface area contributed by atoms with E-state index in [-0.39, 0.29) is 5.92 Å². The Bertz CT molecular complexity index is 336. The number of allylic oxidation sites excluding steroid dienone is 1. The summed E-state index contributed by atoms with van der Waals surface area (Å²) in [7, 11) is 0. The summed E-state index contributed by atoms with van der Waals surface area (Å²) in [6.45, 7) is 5.98. The third-order valence-electron chi connectivity index (χ3n) is 2.05. The average Bonchev–Trinajstić information content (AvgIpc) is 2.16. The van der Waals surface area contributed by atoms with Gasteiger partial charge in [0.25, 0.3) is 0 Å². The van der Waals surface area contributed by atoms with Gasteiger partial charge >= 0.3 is 0 Å². The monoisotopic (exact) mass is 189 g/mol.